The third-order valence-electron chi connectivity index (χ3n) is 1.69. The van der Waals surface area contributed by atoms with Crippen molar-refractivity contribution in [3.8, 4) is 0 Å². The minimum Gasteiger partial charge on any atom is -0.481 e. The number of carboxylic acid groups (broad SMARTS) is 1. The molecule has 0 aliphatic heterocycles. The highest BCUT2D eigenvalue weighted by Gasteiger charge is 2.10. The van der Waals surface area contributed by atoms with Gasteiger partial charge < -0.3 is 10.8 Å². The number of hydrogen-bond acceptors (Lipinski definition) is 3. The molecule has 0 bridgehead atoms. The summed E-state index contributed by atoms with van der Waals surface area (Å²) in [6.07, 6.45) is 0.0427. The van der Waals surface area contributed by atoms with Crippen molar-refractivity contribution in [3.63, 3.8) is 0 Å². The van der Waals surface area contributed by atoms with E-state index in [4.69, 9.17) is 10.8 Å². The first-order valence-electron chi connectivity index (χ1n) is 4.42. The van der Waals surface area contributed by atoms with Gasteiger partial charge in [-0.2, -0.15) is 0 Å². The van der Waals surface area contributed by atoms with E-state index in [1.54, 1.807) is 13.0 Å². The van der Waals surface area contributed by atoms with Gasteiger partial charge in [0.15, 0.2) is 0 Å². The number of thioether (sulfide) groups is 1. The van der Waals surface area contributed by atoms with Crippen molar-refractivity contribution in [2.24, 2.45) is 0 Å². The Morgan fingerprint density at radius 2 is 2.27 bits per heavy atom. The second kappa shape index (κ2) is 5.02. The molecule has 1 rings (SSSR count). The van der Waals surface area contributed by atoms with Crippen LogP contribution in [0.25, 0.3) is 0 Å². The van der Waals surface area contributed by atoms with Crippen LogP contribution < -0.4 is 5.73 Å². The van der Waals surface area contributed by atoms with Crippen LogP contribution in [0.15, 0.2) is 23.1 Å². The van der Waals surface area contributed by atoms with Gasteiger partial charge in [-0.05, 0) is 18.2 Å². The number of halogens is 1. The zero-order valence-corrected chi connectivity index (χ0v) is 9.05. The van der Waals surface area contributed by atoms with Crippen LogP contribution >= 0.6 is 11.8 Å². The number of nitrogens with two attached hydrogens (primary N) is 1. The van der Waals surface area contributed by atoms with Gasteiger partial charge in [-0.3, -0.25) is 4.79 Å². The Morgan fingerprint density at radius 1 is 1.60 bits per heavy atom. The smallest absolute Gasteiger partial charge is 0.304 e. The quantitative estimate of drug-likeness (QED) is 0.614. The van der Waals surface area contributed by atoms with Crippen molar-refractivity contribution in [2.45, 2.75) is 23.5 Å². The molecule has 0 saturated carbocycles. The van der Waals surface area contributed by atoms with Crippen LogP contribution in [-0.4, -0.2) is 16.3 Å². The van der Waals surface area contributed by atoms with Gasteiger partial charge in [-0.1, -0.05) is 6.92 Å². The molecule has 15 heavy (non-hydrogen) atoms. The molecule has 0 heterocycles. The fraction of sp³-hybridized carbons (Fsp3) is 0.300. The van der Waals surface area contributed by atoms with E-state index in [0.717, 1.165) is 0 Å². The molecule has 0 amide bonds. The highest BCUT2D eigenvalue weighted by Crippen LogP contribution is 2.27. The Labute approximate surface area is 91.5 Å². The summed E-state index contributed by atoms with van der Waals surface area (Å²) in [5.74, 6) is -1.26. The van der Waals surface area contributed by atoms with E-state index in [-0.39, 0.29) is 11.7 Å². The molecular weight excluding hydrogens is 217 g/mol. The van der Waals surface area contributed by atoms with Crippen molar-refractivity contribution >= 4 is 23.4 Å². The van der Waals surface area contributed by atoms with Crippen LogP contribution in [0, 0.1) is 5.82 Å². The van der Waals surface area contributed by atoms with Gasteiger partial charge in [0.25, 0.3) is 0 Å². The molecule has 1 aromatic rings. The molecule has 0 aliphatic carbocycles. The van der Waals surface area contributed by atoms with E-state index < -0.39 is 11.8 Å². The summed E-state index contributed by atoms with van der Waals surface area (Å²) >= 11 is 1.30. The van der Waals surface area contributed by atoms with Crippen molar-refractivity contribution in [2.75, 3.05) is 5.73 Å². The second-order valence-electron chi connectivity index (χ2n) is 3.25. The molecule has 0 fully saturated rings. The highest BCUT2D eigenvalue weighted by atomic mass is 32.2. The molecule has 1 atom stereocenters. The number of benzene rings is 1. The maximum atomic E-state index is 12.9. The Balaban J connectivity index is 2.67. The number of hydrogen-bond donors (Lipinski definition) is 2. The van der Waals surface area contributed by atoms with Crippen LogP contribution in [0.4, 0.5) is 10.1 Å². The zero-order chi connectivity index (χ0) is 11.4. The summed E-state index contributed by atoms with van der Waals surface area (Å²) < 4.78 is 12.9. The first kappa shape index (κ1) is 11.8. The van der Waals surface area contributed by atoms with Crippen LogP contribution in [0.2, 0.25) is 0 Å². The summed E-state index contributed by atoms with van der Waals surface area (Å²) in [7, 11) is 0. The van der Waals surface area contributed by atoms with Crippen molar-refractivity contribution in [3.05, 3.63) is 24.0 Å². The Kier molecular flexibility index (Phi) is 3.96. The number of aliphatic carboxylic acids is 1. The molecule has 0 aliphatic rings. The van der Waals surface area contributed by atoms with E-state index in [1.807, 2.05) is 0 Å². The molecule has 1 unspecified atom stereocenters. The van der Waals surface area contributed by atoms with Crippen molar-refractivity contribution < 1.29 is 14.3 Å². The number of rotatable bonds is 4. The fourth-order valence-corrected chi connectivity index (χ4v) is 2.25. The zero-order valence-electron chi connectivity index (χ0n) is 8.24. The topological polar surface area (TPSA) is 63.3 Å². The monoisotopic (exact) mass is 229 g/mol. The largest absolute Gasteiger partial charge is 0.481 e. The Morgan fingerprint density at radius 3 is 2.80 bits per heavy atom. The van der Waals surface area contributed by atoms with Crippen LogP contribution in [0.1, 0.15) is 13.3 Å². The van der Waals surface area contributed by atoms with Crippen molar-refractivity contribution in [1.82, 2.24) is 0 Å². The molecule has 3 N–H and O–H groups in total. The van der Waals surface area contributed by atoms with Gasteiger partial charge in [0.1, 0.15) is 5.82 Å². The highest BCUT2D eigenvalue weighted by molar-refractivity contribution is 8.00. The lowest BCUT2D eigenvalue weighted by atomic mass is 10.3. The molecule has 0 radical (unpaired) electrons. The molecule has 0 spiro atoms. The first-order chi connectivity index (χ1) is 6.97. The minimum absolute atomic E-state index is 0.0427. The standard InChI is InChI=1S/C10H12FNO2S/c1-6(2-10(13)14)15-9-4-7(11)3-8(12)5-9/h3-6H,2,12H2,1H3,(H,13,14). The Hall–Kier alpha value is -1.23. The van der Waals surface area contributed by atoms with Gasteiger partial charge >= 0.3 is 5.97 Å². The predicted octanol–water partition coefficient (Wildman–Crippen LogP) is 2.36. The number of nitrogen functional groups attached to an aromatic ring is 1. The average molecular weight is 229 g/mol. The molecule has 82 valence electrons. The number of carbonyl (C=O) groups is 1. The van der Waals surface area contributed by atoms with Crippen LogP contribution in [0.3, 0.4) is 0 Å². The predicted molar refractivity (Wildman–Crippen MR) is 58.4 cm³/mol. The van der Waals surface area contributed by atoms with Crippen LogP contribution in [-0.2, 0) is 4.79 Å². The lowest BCUT2D eigenvalue weighted by Crippen LogP contribution is -2.05. The molecule has 5 heteroatoms. The van der Waals surface area contributed by atoms with Gasteiger partial charge in [0.2, 0.25) is 0 Å². The molecule has 0 saturated heterocycles. The third-order valence-corrected chi connectivity index (χ3v) is 2.77. The molecule has 1 aromatic carbocycles. The van der Waals surface area contributed by atoms with Gasteiger partial charge in [-0.25, -0.2) is 4.39 Å². The van der Waals surface area contributed by atoms with Crippen molar-refractivity contribution in [1.29, 1.82) is 0 Å². The summed E-state index contributed by atoms with van der Waals surface area (Å²) in [6, 6.07) is 4.21. The summed E-state index contributed by atoms with van der Waals surface area (Å²) in [5.41, 5.74) is 5.81. The summed E-state index contributed by atoms with van der Waals surface area (Å²) in [5, 5.41) is 8.45. The molecule has 0 aromatic heterocycles. The van der Waals surface area contributed by atoms with E-state index >= 15 is 0 Å². The second-order valence-corrected chi connectivity index (χ2v) is 4.76. The van der Waals surface area contributed by atoms with E-state index in [0.29, 0.717) is 10.6 Å². The average Bonchev–Trinajstić information content (AvgIpc) is 1.98. The van der Waals surface area contributed by atoms with E-state index in [9.17, 15) is 9.18 Å². The lowest BCUT2D eigenvalue weighted by Gasteiger charge is -2.08. The maximum absolute atomic E-state index is 12.9. The minimum atomic E-state index is -0.862. The first-order valence-corrected chi connectivity index (χ1v) is 5.30. The normalized spacial score (nSPS) is 12.4. The van der Waals surface area contributed by atoms with Crippen LogP contribution in [0.5, 0.6) is 0 Å². The lowest BCUT2D eigenvalue weighted by molar-refractivity contribution is -0.136. The number of anilines is 1. The molecular formula is C10H12FNO2S. The molecule has 3 nitrogen and oxygen atoms in total. The SMILES string of the molecule is CC(CC(=O)O)Sc1cc(N)cc(F)c1. The summed E-state index contributed by atoms with van der Waals surface area (Å²) in [4.78, 5) is 11.1. The summed E-state index contributed by atoms with van der Waals surface area (Å²) in [6.45, 7) is 1.78. The maximum Gasteiger partial charge on any atom is 0.304 e. The fourth-order valence-electron chi connectivity index (χ4n) is 1.17. The van der Waals surface area contributed by atoms with Gasteiger partial charge in [-0.15, -0.1) is 11.8 Å². The van der Waals surface area contributed by atoms with E-state index in [1.165, 1.54) is 23.9 Å². The van der Waals surface area contributed by atoms with E-state index in [2.05, 4.69) is 0 Å². The van der Waals surface area contributed by atoms with Gasteiger partial charge in [0.05, 0.1) is 6.42 Å². The Bertz CT molecular complexity index is 350. The van der Waals surface area contributed by atoms with Gasteiger partial charge in [0, 0.05) is 15.8 Å². The third kappa shape index (κ3) is 4.20. The number of carboxylic acids is 1.